The third kappa shape index (κ3) is 0.770. The van der Waals surface area contributed by atoms with Crippen LogP contribution in [0.5, 0.6) is 0 Å². The van der Waals surface area contributed by atoms with Gasteiger partial charge in [0.2, 0.25) is 0 Å². The number of nitrogens with zero attached hydrogens (tertiary/aromatic N) is 1. The van der Waals surface area contributed by atoms with E-state index >= 15 is 0 Å². The van der Waals surface area contributed by atoms with Crippen molar-refractivity contribution >= 4 is 6.09 Å². The molecule has 1 unspecified atom stereocenters. The van der Waals surface area contributed by atoms with E-state index in [0.29, 0.717) is 12.6 Å². The maximum atomic E-state index is 10.8. The van der Waals surface area contributed by atoms with Crippen molar-refractivity contribution in [2.75, 3.05) is 13.7 Å². The SMILES string of the molecule is CN1C(=O)OCC1C1CC1. The van der Waals surface area contributed by atoms with Crippen LogP contribution >= 0.6 is 0 Å². The summed E-state index contributed by atoms with van der Waals surface area (Å²) in [6.07, 6.45) is 2.38. The minimum atomic E-state index is -0.156. The minimum absolute atomic E-state index is 0.156. The Kier molecular flexibility index (Phi) is 1.13. The van der Waals surface area contributed by atoms with Crippen LogP contribution in [0.3, 0.4) is 0 Å². The Morgan fingerprint density at radius 1 is 1.60 bits per heavy atom. The van der Waals surface area contributed by atoms with Gasteiger partial charge in [0, 0.05) is 7.05 Å². The van der Waals surface area contributed by atoms with Crippen LogP contribution in [0.2, 0.25) is 0 Å². The summed E-state index contributed by atoms with van der Waals surface area (Å²) in [6, 6.07) is 0.382. The summed E-state index contributed by atoms with van der Waals surface area (Å²) in [5.41, 5.74) is 0. The van der Waals surface area contributed by atoms with E-state index in [4.69, 9.17) is 4.74 Å². The highest BCUT2D eigenvalue weighted by Gasteiger charge is 2.40. The van der Waals surface area contributed by atoms with Crippen molar-refractivity contribution in [3.63, 3.8) is 0 Å². The highest BCUT2D eigenvalue weighted by atomic mass is 16.6. The first-order chi connectivity index (χ1) is 4.79. The molecule has 3 heteroatoms. The van der Waals surface area contributed by atoms with Gasteiger partial charge in [-0.25, -0.2) is 4.79 Å². The van der Waals surface area contributed by atoms with Gasteiger partial charge in [0.15, 0.2) is 0 Å². The van der Waals surface area contributed by atoms with Gasteiger partial charge >= 0.3 is 6.09 Å². The van der Waals surface area contributed by atoms with E-state index in [1.807, 2.05) is 7.05 Å². The van der Waals surface area contributed by atoms with E-state index in [1.165, 1.54) is 12.8 Å². The number of hydrogen-bond donors (Lipinski definition) is 0. The van der Waals surface area contributed by atoms with E-state index in [1.54, 1.807) is 4.90 Å². The summed E-state index contributed by atoms with van der Waals surface area (Å²) < 4.78 is 4.87. The highest BCUT2D eigenvalue weighted by molar-refractivity contribution is 5.69. The van der Waals surface area contributed by atoms with Crippen molar-refractivity contribution in [3.05, 3.63) is 0 Å². The molecule has 0 radical (unpaired) electrons. The molecule has 1 aliphatic heterocycles. The monoisotopic (exact) mass is 141 g/mol. The van der Waals surface area contributed by atoms with Gasteiger partial charge in [-0.1, -0.05) is 0 Å². The fourth-order valence-corrected chi connectivity index (χ4v) is 1.44. The number of carbonyl (C=O) groups excluding carboxylic acids is 1. The fraction of sp³-hybridized carbons (Fsp3) is 0.857. The maximum Gasteiger partial charge on any atom is 0.409 e. The second kappa shape index (κ2) is 1.87. The maximum absolute atomic E-state index is 10.8. The Hall–Kier alpha value is -0.730. The van der Waals surface area contributed by atoms with Crippen molar-refractivity contribution < 1.29 is 9.53 Å². The third-order valence-electron chi connectivity index (χ3n) is 2.33. The molecule has 0 aromatic rings. The molecule has 1 amide bonds. The van der Waals surface area contributed by atoms with E-state index in [0.717, 1.165) is 5.92 Å². The van der Waals surface area contributed by atoms with Crippen molar-refractivity contribution in [2.45, 2.75) is 18.9 Å². The number of ether oxygens (including phenoxy) is 1. The molecular weight excluding hydrogens is 130 g/mol. The number of cyclic esters (lactones) is 1. The van der Waals surface area contributed by atoms with Crippen LogP contribution in [0.25, 0.3) is 0 Å². The predicted octanol–water partition coefficient (Wildman–Crippen LogP) is 0.847. The molecule has 2 rings (SSSR count). The standard InChI is InChI=1S/C7H11NO2/c1-8-6(5-2-3-5)4-10-7(8)9/h5-6H,2-4H2,1H3. The molecule has 10 heavy (non-hydrogen) atoms. The lowest BCUT2D eigenvalue weighted by atomic mass is 10.2. The Labute approximate surface area is 60.0 Å². The van der Waals surface area contributed by atoms with E-state index in [9.17, 15) is 4.79 Å². The molecule has 0 N–H and O–H groups in total. The van der Waals surface area contributed by atoms with Crippen LogP contribution in [0.1, 0.15) is 12.8 Å². The molecule has 1 heterocycles. The average molecular weight is 141 g/mol. The molecule has 0 aromatic carbocycles. The van der Waals surface area contributed by atoms with E-state index in [-0.39, 0.29) is 6.09 Å². The molecule has 3 nitrogen and oxygen atoms in total. The molecule has 1 aliphatic carbocycles. The first-order valence-corrected chi connectivity index (χ1v) is 3.68. The smallest absolute Gasteiger partial charge is 0.409 e. The van der Waals surface area contributed by atoms with Crippen molar-refractivity contribution in [2.24, 2.45) is 5.92 Å². The Bertz CT molecular complexity index is 165. The van der Waals surface area contributed by atoms with Crippen LogP contribution in [-0.4, -0.2) is 30.7 Å². The second-order valence-corrected chi connectivity index (χ2v) is 3.09. The third-order valence-corrected chi connectivity index (χ3v) is 2.33. The Morgan fingerprint density at radius 2 is 2.30 bits per heavy atom. The van der Waals surface area contributed by atoms with Crippen LogP contribution in [0.15, 0.2) is 0 Å². The first-order valence-electron chi connectivity index (χ1n) is 3.68. The van der Waals surface area contributed by atoms with Crippen LogP contribution in [0.4, 0.5) is 4.79 Å². The molecule has 0 spiro atoms. The quantitative estimate of drug-likeness (QED) is 0.541. The molecule has 56 valence electrons. The zero-order valence-corrected chi connectivity index (χ0v) is 6.04. The van der Waals surface area contributed by atoms with E-state index in [2.05, 4.69) is 0 Å². The molecule has 1 atom stereocenters. The average Bonchev–Trinajstić information content (AvgIpc) is 2.67. The second-order valence-electron chi connectivity index (χ2n) is 3.09. The summed E-state index contributed by atoms with van der Waals surface area (Å²) in [7, 11) is 1.82. The molecule has 1 saturated carbocycles. The summed E-state index contributed by atoms with van der Waals surface area (Å²) in [5, 5.41) is 0. The van der Waals surface area contributed by atoms with Crippen molar-refractivity contribution in [1.29, 1.82) is 0 Å². The van der Waals surface area contributed by atoms with Gasteiger partial charge in [-0.15, -0.1) is 0 Å². The lowest BCUT2D eigenvalue weighted by Gasteiger charge is -2.13. The van der Waals surface area contributed by atoms with Crippen molar-refractivity contribution in [1.82, 2.24) is 4.90 Å². The van der Waals surface area contributed by atoms with Crippen LogP contribution in [0, 0.1) is 5.92 Å². The largest absolute Gasteiger partial charge is 0.447 e. The lowest BCUT2D eigenvalue weighted by molar-refractivity contribution is 0.163. The van der Waals surface area contributed by atoms with Gasteiger partial charge in [-0.05, 0) is 18.8 Å². The molecular formula is C7H11NO2. The van der Waals surface area contributed by atoms with Crippen LogP contribution in [-0.2, 0) is 4.74 Å². The summed E-state index contributed by atoms with van der Waals surface area (Å²) in [6.45, 7) is 0.611. The number of likely N-dealkylation sites (N-methyl/N-ethyl adjacent to an activating group) is 1. The zero-order valence-electron chi connectivity index (χ0n) is 6.04. The molecule has 1 saturated heterocycles. The molecule has 2 fully saturated rings. The molecule has 0 aromatic heterocycles. The Balaban J connectivity index is 2.03. The lowest BCUT2D eigenvalue weighted by Crippen LogP contribution is -2.30. The highest BCUT2D eigenvalue weighted by Crippen LogP contribution is 2.37. The van der Waals surface area contributed by atoms with Crippen molar-refractivity contribution in [3.8, 4) is 0 Å². The number of hydrogen-bond acceptors (Lipinski definition) is 2. The first kappa shape index (κ1) is 6.01. The zero-order chi connectivity index (χ0) is 7.14. The number of carbonyl (C=O) groups is 1. The van der Waals surface area contributed by atoms with Gasteiger partial charge in [0.25, 0.3) is 0 Å². The van der Waals surface area contributed by atoms with Gasteiger partial charge in [-0.3, -0.25) is 0 Å². The molecule has 2 aliphatic rings. The summed E-state index contributed by atoms with van der Waals surface area (Å²) >= 11 is 0. The van der Waals surface area contributed by atoms with Gasteiger partial charge in [0.1, 0.15) is 6.61 Å². The topological polar surface area (TPSA) is 29.5 Å². The minimum Gasteiger partial charge on any atom is -0.447 e. The molecule has 0 bridgehead atoms. The summed E-state index contributed by atoms with van der Waals surface area (Å²) in [4.78, 5) is 12.5. The summed E-state index contributed by atoms with van der Waals surface area (Å²) in [5.74, 6) is 0.733. The van der Waals surface area contributed by atoms with Gasteiger partial charge in [0.05, 0.1) is 6.04 Å². The Morgan fingerprint density at radius 3 is 2.70 bits per heavy atom. The normalized spacial score (nSPS) is 32.7. The predicted molar refractivity (Wildman–Crippen MR) is 35.6 cm³/mol. The number of amides is 1. The van der Waals surface area contributed by atoms with Gasteiger partial charge in [-0.2, -0.15) is 0 Å². The van der Waals surface area contributed by atoms with Gasteiger partial charge < -0.3 is 9.64 Å². The fourth-order valence-electron chi connectivity index (χ4n) is 1.44. The van der Waals surface area contributed by atoms with Crippen LogP contribution < -0.4 is 0 Å². The van der Waals surface area contributed by atoms with E-state index < -0.39 is 0 Å². The number of rotatable bonds is 1.